The topological polar surface area (TPSA) is 92.4 Å². The molecule has 0 spiro atoms. The third-order valence-corrected chi connectivity index (χ3v) is 3.42. The molecular formula is C18H12N2O4. The number of nitrogens with zero attached hydrogens (tertiary/aromatic N) is 2. The first-order chi connectivity index (χ1) is 11.7. The Morgan fingerprint density at radius 2 is 1.92 bits per heavy atom. The Hall–Kier alpha value is -3.59. The number of pyridine rings is 1. The maximum Gasteiger partial charge on any atom is 0.360 e. The third kappa shape index (κ3) is 2.59. The highest BCUT2D eigenvalue weighted by Crippen LogP contribution is 2.37. The minimum absolute atomic E-state index is 0.0327. The molecule has 3 aromatic rings. The van der Waals surface area contributed by atoms with Gasteiger partial charge in [-0.15, -0.1) is 0 Å². The number of benzene rings is 2. The van der Waals surface area contributed by atoms with Gasteiger partial charge in [0.05, 0.1) is 12.5 Å². The average molecular weight is 320 g/mol. The largest absolute Gasteiger partial charge is 0.505 e. The monoisotopic (exact) mass is 320 g/mol. The molecule has 0 aliphatic heterocycles. The number of rotatable bonds is 3. The standard InChI is InChI=1S/C18H12N2O4/c1-23-18(22)16-17(21)12-8-5-9-14(15(12)13(10-19)20-16)24-11-6-3-2-4-7-11/h2-9,21H,1H3. The molecule has 6 nitrogen and oxygen atoms in total. The molecule has 24 heavy (non-hydrogen) atoms. The van der Waals surface area contributed by atoms with Crippen LogP contribution in [-0.4, -0.2) is 23.2 Å². The Balaban J connectivity index is 2.25. The molecule has 0 saturated carbocycles. The maximum atomic E-state index is 11.7. The lowest BCUT2D eigenvalue weighted by atomic mass is 10.1. The number of esters is 1. The van der Waals surface area contributed by atoms with Gasteiger partial charge in [-0.25, -0.2) is 9.78 Å². The lowest BCUT2D eigenvalue weighted by Gasteiger charge is -2.12. The average Bonchev–Trinajstić information content (AvgIpc) is 2.63. The van der Waals surface area contributed by atoms with Crippen molar-refractivity contribution in [2.45, 2.75) is 0 Å². The predicted octanol–water partition coefficient (Wildman–Crippen LogP) is 3.39. The number of hydrogen-bond acceptors (Lipinski definition) is 6. The van der Waals surface area contributed by atoms with Crippen molar-refractivity contribution in [3.05, 3.63) is 59.9 Å². The zero-order valence-electron chi connectivity index (χ0n) is 12.7. The highest BCUT2D eigenvalue weighted by atomic mass is 16.5. The van der Waals surface area contributed by atoms with E-state index in [2.05, 4.69) is 9.72 Å². The summed E-state index contributed by atoms with van der Waals surface area (Å²) in [5.41, 5.74) is -0.340. The van der Waals surface area contributed by atoms with Gasteiger partial charge in [0.2, 0.25) is 0 Å². The number of carbonyl (C=O) groups is 1. The number of ether oxygens (including phenoxy) is 2. The Morgan fingerprint density at radius 1 is 1.17 bits per heavy atom. The van der Waals surface area contributed by atoms with Crippen LogP contribution in [0.4, 0.5) is 0 Å². The van der Waals surface area contributed by atoms with Crippen LogP contribution >= 0.6 is 0 Å². The van der Waals surface area contributed by atoms with Crippen molar-refractivity contribution in [3.63, 3.8) is 0 Å². The number of nitriles is 1. The number of fused-ring (bicyclic) bond motifs is 1. The number of hydrogen-bond donors (Lipinski definition) is 1. The van der Waals surface area contributed by atoms with Crippen LogP contribution in [0.15, 0.2) is 48.5 Å². The lowest BCUT2D eigenvalue weighted by molar-refractivity contribution is 0.0590. The minimum atomic E-state index is -0.819. The molecule has 6 heteroatoms. The summed E-state index contributed by atoms with van der Waals surface area (Å²) in [4.78, 5) is 15.7. The van der Waals surface area contributed by atoms with Crippen molar-refractivity contribution in [2.75, 3.05) is 7.11 Å². The van der Waals surface area contributed by atoms with Gasteiger partial charge in [-0.1, -0.05) is 30.3 Å². The molecule has 3 rings (SSSR count). The number of carbonyl (C=O) groups excluding carboxylic acids is 1. The Kier molecular flexibility index (Phi) is 4.00. The predicted molar refractivity (Wildman–Crippen MR) is 86.0 cm³/mol. The number of methoxy groups -OCH3 is 1. The molecule has 0 amide bonds. The maximum absolute atomic E-state index is 11.7. The van der Waals surface area contributed by atoms with Gasteiger partial charge in [-0.05, 0) is 18.2 Å². The second kappa shape index (κ2) is 6.26. The van der Waals surface area contributed by atoms with Crippen LogP contribution in [0.3, 0.4) is 0 Å². The van der Waals surface area contributed by atoms with Crippen LogP contribution in [0.1, 0.15) is 16.2 Å². The van der Waals surface area contributed by atoms with E-state index < -0.39 is 5.97 Å². The molecule has 1 N–H and O–H groups in total. The van der Waals surface area contributed by atoms with E-state index >= 15 is 0 Å². The molecule has 0 bridgehead atoms. The van der Waals surface area contributed by atoms with Crippen LogP contribution in [0.2, 0.25) is 0 Å². The molecule has 2 aromatic carbocycles. The second-order valence-corrected chi connectivity index (χ2v) is 4.85. The first kappa shape index (κ1) is 15.3. The van der Waals surface area contributed by atoms with Crippen molar-refractivity contribution in [2.24, 2.45) is 0 Å². The van der Waals surface area contributed by atoms with Crippen LogP contribution in [-0.2, 0) is 4.74 Å². The first-order valence-electron chi connectivity index (χ1n) is 7.02. The van der Waals surface area contributed by atoms with Crippen LogP contribution in [0, 0.1) is 11.3 Å². The van der Waals surface area contributed by atoms with E-state index in [0.29, 0.717) is 16.9 Å². The SMILES string of the molecule is COC(=O)c1nc(C#N)c2c(Oc3ccccc3)cccc2c1O. The molecule has 118 valence electrons. The molecule has 0 saturated heterocycles. The summed E-state index contributed by atoms with van der Waals surface area (Å²) < 4.78 is 10.4. The number of para-hydroxylation sites is 1. The Morgan fingerprint density at radius 3 is 2.58 bits per heavy atom. The Bertz CT molecular complexity index is 962. The zero-order chi connectivity index (χ0) is 17.1. The summed E-state index contributed by atoms with van der Waals surface area (Å²) in [5, 5.41) is 20.3. The van der Waals surface area contributed by atoms with Crippen molar-refractivity contribution >= 4 is 16.7 Å². The molecule has 0 aliphatic rings. The molecular weight excluding hydrogens is 308 g/mol. The number of aromatic hydroxyl groups is 1. The highest BCUT2D eigenvalue weighted by Gasteiger charge is 2.22. The lowest BCUT2D eigenvalue weighted by Crippen LogP contribution is -2.07. The van der Waals surface area contributed by atoms with Gasteiger partial charge in [0.1, 0.15) is 17.6 Å². The van der Waals surface area contributed by atoms with Crippen LogP contribution < -0.4 is 4.74 Å². The van der Waals surface area contributed by atoms with Gasteiger partial charge in [-0.3, -0.25) is 0 Å². The molecule has 0 atom stereocenters. The summed E-state index contributed by atoms with van der Waals surface area (Å²) in [6.07, 6.45) is 0. The summed E-state index contributed by atoms with van der Waals surface area (Å²) >= 11 is 0. The van der Waals surface area contributed by atoms with E-state index in [1.165, 1.54) is 7.11 Å². The van der Waals surface area contributed by atoms with Crippen LogP contribution in [0.25, 0.3) is 10.8 Å². The summed E-state index contributed by atoms with van der Waals surface area (Å²) in [6.45, 7) is 0. The van der Waals surface area contributed by atoms with E-state index in [1.807, 2.05) is 24.3 Å². The fourth-order valence-electron chi connectivity index (χ4n) is 2.34. The highest BCUT2D eigenvalue weighted by molar-refractivity contribution is 6.03. The summed E-state index contributed by atoms with van der Waals surface area (Å²) in [7, 11) is 1.18. The molecule has 0 aliphatic carbocycles. The third-order valence-electron chi connectivity index (χ3n) is 3.42. The normalized spacial score (nSPS) is 10.2. The molecule has 0 fully saturated rings. The molecule has 0 radical (unpaired) electrons. The fraction of sp³-hybridized carbons (Fsp3) is 0.0556. The van der Waals surface area contributed by atoms with Gasteiger partial charge < -0.3 is 14.6 Å². The zero-order valence-corrected chi connectivity index (χ0v) is 12.7. The van der Waals surface area contributed by atoms with Gasteiger partial charge >= 0.3 is 5.97 Å². The van der Waals surface area contributed by atoms with Gasteiger partial charge in [0.25, 0.3) is 0 Å². The number of aromatic nitrogens is 1. The summed E-state index contributed by atoms with van der Waals surface area (Å²) in [5.74, 6) is -0.241. The van der Waals surface area contributed by atoms with Crippen molar-refractivity contribution < 1.29 is 19.4 Å². The molecule has 0 unspecified atom stereocenters. The summed E-state index contributed by atoms with van der Waals surface area (Å²) in [6, 6.07) is 15.8. The van der Waals surface area contributed by atoms with Gasteiger partial charge in [0, 0.05) is 5.39 Å². The fourth-order valence-corrected chi connectivity index (χ4v) is 2.34. The van der Waals surface area contributed by atoms with E-state index in [1.54, 1.807) is 30.3 Å². The van der Waals surface area contributed by atoms with Gasteiger partial charge in [0.15, 0.2) is 17.1 Å². The molecule has 1 heterocycles. The Labute approximate surface area is 137 Å². The van der Waals surface area contributed by atoms with Crippen molar-refractivity contribution in [3.8, 4) is 23.3 Å². The second-order valence-electron chi connectivity index (χ2n) is 4.85. The van der Waals surface area contributed by atoms with E-state index in [4.69, 9.17) is 4.74 Å². The van der Waals surface area contributed by atoms with Crippen molar-refractivity contribution in [1.29, 1.82) is 5.26 Å². The minimum Gasteiger partial charge on any atom is -0.505 e. The quantitative estimate of drug-likeness (QED) is 0.744. The van der Waals surface area contributed by atoms with Gasteiger partial charge in [-0.2, -0.15) is 5.26 Å². The smallest absolute Gasteiger partial charge is 0.360 e. The van der Waals surface area contributed by atoms with Crippen molar-refractivity contribution in [1.82, 2.24) is 4.98 Å². The van der Waals surface area contributed by atoms with Crippen LogP contribution in [0.5, 0.6) is 17.2 Å². The first-order valence-corrected chi connectivity index (χ1v) is 7.02. The molecule has 1 aromatic heterocycles. The van der Waals surface area contributed by atoms with E-state index in [9.17, 15) is 15.2 Å². The van der Waals surface area contributed by atoms with E-state index in [-0.39, 0.29) is 22.5 Å². The van der Waals surface area contributed by atoms with E-state index in [0.717, 1.165) is 0 Å².